The van der Waals surface area contributed by atoms with Gasteiger partial charge in [0.25, 0.3) is 0 Å². The monoisotopic (exact) mass is 440 g/mol. The molecule has 10 heteroatoms. The Hall–Kier alpha value is -2.08. The minimum atomic E-state index is -1.74. The van der Waals surface area contributed by atoms with E-state index in [9.17, 15) is 35.1 Å². The molecule has 0 amide bonds. The third-order valence-electron chi connectivity index (χ3n) is 5.98. The lowest BCUT2D eigenvalue weighted by Crippen LogP contribution is -2.59. The van der Waals surface area contributed by atoms with Gasteiger partial charge in [-0.25, -0.2) is 9.59 Å². The highest BCUT2D eigenvalue weighted by atomic mass is 16.7. The third-order valence-corrected chi connectivity index (χ3v) is 5.98. The number of aliphatic hydroxyl groups is 5. The first-order valence-corrected chi connectivity index (χ1v) is 10.1. The zero-order chi connectivity index (χ0) is 22.9. The van der Waals surface area contributed by atoms with E-state index in [0.29, 0.717) is 12.0 Å². The van der Waals surface area contributed by atoms with Crippen LogP contribution in [0.25, 0.3) is 0 Å². The van der Waals surface area contributed by atoms with Crippen LogP contribution in [0.1, 0.15) is 26.2 Å². The number of carbonyl (C=O) groups excluding carboxylic acids is 2. The lowest BCUT2D eigenvalue weighted by atomic mass is 9.87. The van der Waals surface area contributed by atoms with Crippen LogP contribution in [0.3, 0.4) is 0 Å². The van der Waals surface area contributed by atoms with Crippen LogP contribution in [-0.2, 0) is 23.8 Å². The maximum absolute atomic E-state index is 12.9. The number of hydrogen-bond acceptors (Lipinski definition) is 10. The van der Waals surface area contributed by atoms with E-state index in [0.717, 1.165) is 0 Å². The van der Waals surface area contributed by atoms with Crippen LogP contribution in [0.4, 0.5) is 0 Å². The minimum Gasteiger partial charge on any atom is -0.458 e. The first kappa shape index (κ1) is 23.6. The quantitative estimate of drug-likeness (QED) is 0.206. The number of esters is 2. The van der Waals surface area contributed by atoms with Crippen LogP contribution in [0.15, 0.2) is 35.5 Å². The second kappa shape index (κ2) is 9.60. The maximum Gasteiger partial charge on any atom is 0.336 e. The molecule has 0 aromatic carbocycles. The second-order valence-corrected chi connectivity index (χ2v) is 8.05. The number of fused-ring (bicyclic) bond motifs is 1. The van der Waals surface area contributed by atoms with E-state index in [1.54, 1.807) is 6.92 Å². The van der Waals surface area contributed by atoms with Gasteiger partial charge in [0, 0.05) is 23.5 Å². The van der Waals surface area contributed by atoms with Gasteiger partial charge in [0.1, 0.15) is 30.5 Å². The van der Waals surface area contributed by atoms with Crippen molar-refractivity contribution >= 4 is 11.9 Å². The highest BCUT2D eigenvalue weighted by Crippen LogP contribution is 2.35. The molecule has 0 spiro atoms. The van der Waals surface area contributed by atoms with Gasteiger partial charge in [-0.1, -0.05) is 18.7 Å². The van der Waals surface area contributed by atoms with E-state index >= 15 is 0 Å². The molecule has 0 aromatic rings. The summed E-state index contributed by atoms with van der Waals surface area (Å²) in [5, 5.41) is 49.4. The SMILES string of the molecule is C=C1C(=O)O[C@H]2C/C(C(=O)O[C@@H]3O[C@H](CO)[C@H](O)[C@H](O)[C@H]3O)=C\C[C@H](O)/C(C)=C/C[C@H]12. The normalized spacial score (nSPS) is 42.5. The van der Waals surface area contributed by atoms with Crippen molar-refractivity contribution in [2.75, 3.05) is 6.61 Å². The van der Waals surface area contributed by atoms with Crippen molar-refractivity contribution in [2.45, 2.75) is 69.1 Å². The predicted molar refractivity (Wildman–Crippen MR) is 104 cm³/mol. The molecule has 3 aliphatic rings. The molecule has 2 saturated heterocycles. The molecule has 10 nitrogen and oxygen atoms in total. The van der Waals surface area contributed by atoms with Crippen molar-refractivity contribution in [3.8, 4) is 0 Å². The zero-order valence-corrected chi connectivity index (χ0v) is 17.1. The summed E-state index contributed by atoms with van der Waals surface area (Å²) < 4.78 is 15.8. The Morgan fingerprint density at radius 2 is 1.87 bits per heavy atom. The van der Waals surface area contributed by atoms with Gasteiger partial charge < -0.3 is 39.7 Å². The summed E-state index contributed by atoms with van der Waals surface area (Å²) >= 11 is 0. The second-order valence-electron chi connectivity index (χ2n) is 8.05. The minimum absolute atomic E-state index is 0.00864. The summed E-state index contributed by atoms with van der Waals surface area (Å²) in [5.74, 6) is -1.84. The molecule has 172 valence electrons. The fourth-order valence-electron chi connectivity index (χ4n) is 3.85. The van der Waals surface area contributed by atoms with Gasteiger partial charge in [0.15, 0.2) is 0 Å². The van der Waals surface area contributed by atoms with E-state index in [4.69, 9.17) is 14.2 Å². The summed E-state index contributed by atoms with van der Waals surface area (Å²) in [4.78, 5) is 24.9. The van der Waals surface area contributed by atoms with Crippen molar-refractivity contribution < 1.29 is 49.3 Å². The first-order valence-electron chi connectivity index (χ1n) is 10.1. The number of ether oxygens (including phenoxy) is 3. The topological polar surface area (TPSA) is 163 Å². The van der Waals surface area contributed by atoms with E-state index in [1.165, 1.54) is 6.08 Å². The molecule has 3 rings (SSSR count). The average Bonchev–Trinajstić information content (AvgIpc) is 3.01. The molecule has 1 aliphatic carbocycles. The number of aliphatic hydroxyl groups excluding tert-OH is 5. The molecular formula is C21H28O10. The molecule has 0 aromatic heterocycles. The van der Waals surface area contributed by atoms with Crippen LogP contribution >= 0.6 is 0 Å². The van der Waals surface area contributed by atoms with Crippen LogP contribution in [0.2, 0.25) is 0 Å². The molecule has 0 unspecified atom stereocenters. The van der Waals surface area contributed by atoms with Gasteiger partial charge in [-0.15, -0.1) is 0 Å². The van der Waals surface area contributed by atoms with Gasteiger partial charge in [0.2, 0.25) is 6.29 Å². The van der Waals surface area contributed by atoms with Gasteiger partial charge in [-0.05, 0) is 25.3 Å². The standard InChI is InChI=1S/C21H28O10/c1-9-3-5-12-10(2)19(27)29-14(12)7-11(4-6-13(9)23)20(28)31-21-18(26)17(25)16(24)15(8-22)30-21/h3-4,12-18,21-26H,2,5-8H2,1H3/b9-3+,11-4+/t12-,13+,14+,15-,16+,17+,18-,21+/m1/s1. The molecule has 2 aliphatic heterocycles. The van der Waals surface area contributed by atoms with Crippen LogP contribution in [-0.4, -0.2) is 87.0 Å². The average molecular weight is 440 g/mol. The molecule has 0 saturated carbocycles. The first-order chi connectivity index (χ1) is 14.6. The predicted octanol–water partition coefficient (Wildman–Crippen LogP) is -1.16. The molecular weight excluding hydrogens is 412 g/mol. The summed E-state index contributed by atoms with van der Waals surface area (Å²) in [7, 11) is 0. The molecule has 8 atom stereocenters. The molecule has 0 radical (unpaired) electrons. The molecule has 2 fully saturated rings. The highest BCUT2D eigenvalue weighted by Gasteiger charge is 2.46. The Kier molecular flexibility index (Phi) is 7.30. The Morgan fingerprint density at radius 1 is 1.16 bits per heavy atom. The third kappa shape index (κ3) is 4.89. The number of allylic oxidation sites excluding steroid dienone is 1. The van der Waals surface area contributed by atoms with Crippen molar-refractivity contribution in [1.29, 1.82) is 0 Å². The van der Waals surface area contributed by atoms with Gasteiger partial charge in [-0.3, -0.25) is 0 Å². The van der Waals surface area contributed by atoms with Crippen molar-refractivity contribution in [3.63, 3.8) is 0 Å². The van der Waals surface area contributed by atoms with Crippen molar-refractivity contribution in [2.24, 2.45) is 5.92 Å². The summed E-state index contributed by atoms with van der Waals surface area (Å²) in [6, 6.07) is 0. The van der Waals surface area contributed by atoms with E-state index in [1.807, 2.05) is 6.08 Å². The number of rotatable bonds is 3. The Labute approximate surface area is 179 Å². The lowest BCUT2D eigenvalue weighted by Gasteiger charge is -2.39. The maximum atomic E-state index is 12.9. The summed E-state index contributed by atoms with van der Waals surface area (Å²) in [6.45, 7) is 4.84. The number of carbonyl (C=O) groups is 2. The lowest BCUT2D eigenvalue weighted by molar-refractivity contribution is -0.291. The fourth-order valence-corrected chi connectivity index (χ4v) is 3.85. The molecule has 31 heavy (non-hydrogen) atoms. The Morgan fingerprint density at radius 3 is 2.55 bits per heavy atom. The van der Waals surface area contributed by atoms with E-state index in [-0.39, 0.29) is 29.9 Å². The Balaban J connectivity index is 1.81. The largest absolute Gasteiger partial charge is 0.458 e. The number of hydrogen-bond donors (Lipinski definition) is 5. The highest BCUT2D eigenvalue weighted by molar-refractivity contribution is 5.92. The van der Waals surface area contributed by atoms with Gasteiger partial charge in [-0.2, -0.15) is 0 Å². The van der Waals surface area contributed by atoms with Gasteiger partial charge in [0.05, 0.1) is 12.7 Å². The molecule has 0 bridgehead atoms. The van der Waals surface area contributed by atoms with E-state index < -0.39 is 61.5 Å². The molecule has 2 heterocycles. The zero-order valence-electron chi connectivity index (χ0n) is 17.1. The fraction of sp³-hybridized carbons (Fsp3) is 0.619. The van der Waals surface area contributed by atoms with Crippen LogP contribution < -0.4 is 0 Å². The van der Waals surface area contributed by atoms with Crippen molar-refractivity contribution in [1.82, 2.24) is 0 Å². The van der Waals surface area contributed by atoms with E-state index in [2.05, 4.69) is 6.58 Å². The van der Waals surface area contributed by atoms with Gasteiger partial charge >= 0.3 is 11.9 Å². The summed E-state index contributed by atoms with van der Waals surface area (Å²) in [6.07, 6.45) is -5.61. The molecule has 5 N–H and O–H groups in total. The van der Waals surface area contributed by atoms with Crippen molar-refractivity contribution in [3.05, 3.63) is 35.5 Å². The summed E-state index contributed by atoms with van der Waals surface area (Å²) in [5.41, 5.74) is 1.04. The Bertz CT molecular complexity index is 785. The van der Waals surface area contributed by atoms with Crippen LogP contribution in [0, 0.1) is 5.92 Å². The smallest absolute Gasteiger partial charge is 0.336 e. The van der Waals surface area contributed by atoms with Crippen LogP contribution in [0.5, 0.6) is 0 Å².